The zero-order chi connectivity index (χ0) is 19.8. The van der Waals surface area contributed by atoms with E-state index in [0.29, 0.717) is 29.0 Å². The van der Waals surface area contributed by atoms with E-state index in [-0.39, 0.29) is 10.8 Å². The number of anilines is 2. The van der Waals surface area contributed by atoms with Crippen molar-refractivity contribution >= 4 is 48.9 Å². The van der Waals surface area contributed by atoms with Crippen LogP contribution in [0.4, 0.5) is 11.4 Å². The number of hydrogen-bond acceptors (Lipinski definition) is 5. The third-order valence-corrected chi connectivity index (χ3v) is 5.65. The Morgan fingerprint density at radius 1 is 1.22 bits per heavy atom. The minimum atomic E-state index is -3.44. The highest BCUT2D eigenvalue weighted by Gasteiger charge is 2.15. The first-order chi connectivity index (χ1) is 12.7. The SMILES string of the molecule is CCn1c(=O)sc2cc(NC(=O)c3cccc(NS(C)(=O)=O)c3C)ccc21. The minimum Gasteiger partial charge on any atom is -0.322 e. The average molecular weight is 406 g/mol. The number of hydrogen-bond donors (Lipinski definition) is 2. The Balaban J connectivity index is 1.91. The number of carbonyl (C=O) groups is 1. The number of nitrogens with zero attached hydrogens (tertiary/aromatic N) is 1. The molecule has 0 bridgehead atoms. The van der Waals surface area contributed by atoms with E-state index in [1.54, 1.807) is 47.9 Å². The second-order valence-electron chi connectivity index (χ2n) is 6.10. The van der Waals surface area contributed by atoms with Crippen LogP contribution in [0.5, 0.6) is 0 Å². The Labute approximate surface area is 160 Å². The highest BCUT2D eigenvalue weighted by atomic mass is 32.2. The molecule has 1 heterocycles. The molecule has 0 fully saturated rings. The minimum absolute atomic E-state index is 0.0358. The summed E-state index contributed by atoms with van der Waals surface area (Å²) in [6.07, 6.45) is 1.06. The average Bonchev–Trinajstić information content (AvgIpc) is 2.89. The summed E-state index contributed by atoms with van der Waals surface area (Å²) in [5, 5.41) is 2.81. The first kappa shape index (κ1) is 19.1. The van der Waals surface area contributed by atoms with Gasteiger partial charge in [-0.2, -0.15) is 0 Å². The number of nitrogens with one attached hydrogen (secondary N) is 2. The van der Waals surface area contributed by atoms with Gasteiger partial charge < -0.3 is 5.32 Å². The van der Waals surface area contributed by atoms with E-state index in [9.17, 15) is 18.0 Å². The molecule has 0 saturated heterocycles. The van der Waals surface area contributed by atoms with Gasteiger partial charge in [0.15, 0.2) is 0 Å². The Morgan fingerprint density at radius 2 is 1.96 bits per heavy atom. The molecule has 0 saturated carbocycles. The maximum absolute atomic E-state index is 12.7. The Hall–Kier alpha value is -2.65. The van der Waals surface area contributed by atoms with Crippen LogP contribution < -0.4 is 14.9 Å². The quantitative estimate of drug-likeness (QED) is 0.682. The molecule has 2 aromatic carbocycles. The normalized spacial score (nSPS) is 11.5. The van der Waals surface area contributed by atoms with Crippen molar-refractivity contribution in [3.05, 3.63) is 57.2 Å². The van der Waals surface area contributed by atoms with Gasteiger partial charge in [0, 0.05) is 17.8 Å². The summed E-state index contributed by atoms with van der Waals surface area (Å²) >= 11 is 1.13. The first-order valence-electron chi connectivity index (χ1n) is 8.21. The zero-order valence-corrected chi connectivity index (χ0v) is 16.7. The highest BCUT2D eigenvalue weighted by molar-refractivity contribution is 7.92. The predicted molar refractivity (Wildman–Crippen MR) is 109 cm³/mol. The van der Waals surface area contributed by atoms with Crippen LogP contribution in [0.2, 0.25) is 0 Å². The van der Waals surface area contributed by atoms with Crippen molar-refractivity contribution in [2.75, 3.05) is 16.3 Å². The number of aromatic nitrogens is 1. The van der Waals surface area contributed by atoms with Crippen LogP contribution >= 0.6 is 11.3 Å². The van der Waals surface area contributed by atoms with Crippen molar-refractivity contribution in [2.24, 2.45) is 0 Å². The molecule has 2 N–H and O–H groups in total. The number of aryl methyl sites for hydroxylation is 1. The van der Waals surface area contributed by atoms with Crippen molar-refractivity contribution < 1.29 is 13.2 Å². The van der Waals surface area contributed by atoms with E-state index in [4.69, 9.17) is 0 Å². The summed E-state index contributed by atoms with van der Waals surface area (Å²) in [4.78, 5) is 24.6. The van der Waals surface area contributed by atoms with Gasteiger partial charge in [-0.1, -0.05) is 17.4 Å². The van der Waals surface area contributed by atoms with Gasteiger partial charge in [0.25, 0.3) is 5.91 Å². The smallest absolute Gasteiger partial charge is 0.308 e. The summed E-state index contributed by atoms with van der Waals surface area (Å²) in [5.74, 6) is -0.355. The second-order valence-corrected chi connectivity index (χ2v) is 8.84. The molecule has 0 aliphatic heterocycles. The third kappa shape index (κ3) is 4.04. The maximum Gasteiger partial charge on any atom is 0.308 e. The summed E-state index contributed by atoms with van der Waals surface area (Å²) in [6, 6.07) is 10.2. The molecule has 1 amide bonds. The lowest BCUT2D eigenvalue weighted by molar-refractivity contribution is 0.102. The van der Waals surface area contributed by atoms with E-state index < -0.39 is 10.0 Å². The molecule has 142 valence electrons. The standard InChI is InChI=1S/C18H19N3O4S2/c1-4-21-15-9-8-12(10-16(15)26-18(21)23)19-17(22)13-6-5-7-14(11(13)2)20-27(3,24)25/h5-10,20H,4H2,1-3H3,(H,19,22). The van der Waals surface area contributed by atoms with Crippen molar-refractivity contribution in [3.8, 4) is 0 Å². The number of benzene rings is 2. The molecule has 9 heteroatoms. The first-order valence-corrected chi connectivity index (χ1v) is 10.9. The Morgan fingerprint density at radius 3 is 2.63 bits per heavy atom. The van der Waals surface area contributed by atoms with Crippen molar-refractivity contribution in [3.63, 3.8) is 0 Å². The fraction of sp³-hybridized carbons (Fsp3) is 0.222. The number of carbonyl (C=O) groups excluding carboxylic acids is 1. The molecule has 0 spiro atoms. The molecule has 0 radical (unpaired) electrons. The molecule has 0 aliphatic carbocycles. The van der Waals surface area contributed by atoms with Crippen LogP contribution in [0.25, 0.3) is 10.2 Å². The lowest BCUT2D eigenvalue weighted by atomic mass is 10.1. The molecule has 7 nitrogen and oxygen atoms in total. The lowest BCUT2D eigenvalue weighted by Gasteiger charge is -2.12. The molecule has 1 aromatic heterocycles. The summed E-state index contributed by atoms with van der Waals surface area (Å²) in [5.41, 5.74) is 2.66. The Bertz CT molecular complexity index is 1190. The van der Waals surface area contributed by atoms with E-state index in [0.717, 1.165) is 27.8 Å². The van der Waals surface area contributed by atoms with Crippen LogP contribution in [-0.4, -0.2) is 25.1 Å². The molecule has 27 heavy (non-hydrogen) atoms. The number of amides is 1. The molecule has 0 atom stereocenters. The van der Waals surface area contributed by atoms with Gasteiger partial charge in [0.1, 0.15) is 0 Å². The summed E-state index contributed by atoms with van der Waals surface area (Å²) in [7, 11) is -3.44. The van der Waals surface area contributed by atoms with E-state index in [1.807, 2.05) is 6.92 Å². The topological polar surface area (TPSA) is 97.3 Å². The molecule has 3 aromatic rings. The van der Waals surface area contributed by atoms with Gasteiger partial charge in [0.05, 0.1) is 22.2 Å². The number of rotatable bonds is 5. The zero-order valence-electron chi connectivity index (χ0n) is 15.1. The van der Waals surface area contributed by atoms with Gasteiger partial charge in [0.2, 0.25) is 10.0 Å². The van der Waals surface area contributed by atoms with Gasteiger partial charge in [-0.25, -0.2) is 8.42 Å². The van der Waals surface area contributed by atoms with Crippen molar-refractivity contribution in [1.82, 2.24) is 4.57 Å². The molecular weight excluding hydrogens is 386 g/mol. The fourth-order valence-corrected chi connectivity index (χ4v) is 4.45. The highest BCUT2D eigenvalue weighted by Crippen LogP contribution is 2.24. The van der Waals surface area contributed by atoms with Crippen molar-refractivity contribution in [2.45, 2.75) is 20.4 Å². The summed E-state index contributed by atoms with van der Waals surface area (Å²) < 4.78 is 27.8. The van der Waals surface area contributed by atoms with Gasteiger partial charge in [-0.15, -0.1) is 0 Å². The van der Waals surface area contributed by atoms with E-state index >= 15 is 0 Å². The fourth-order valence-electron chi connectivity index (χ4n) is 2.83. The molecule has 3 rings (SSSR count). The maximum atomic E-state index is 12.7. The van der Waals surface area contributed by atoms with Gasteiger partial charge in [-0.05, 0) is 49.7 Å². The molecular formula is C18H19N3O4S2. The van der Waals surface area contributed by atoms with Crippen LogP contribution in [0.1, 0.15) is 22.8 Å². The van der Waals surface area contributed by atoms with Crippen LogP contribution in [0.15, 0.2) is 41.2 Å². The Kier molecular flexibility index (Phi) is 5.07. The van der Waals surface area contributed by atoms with Gasteiger partial charge in [-0.3, -0.25) is 18.9 Å². The molecule has 0 unspecified atom stereocenters. The van der Waals surface area contributed by atoms with Crippen LogP contribution in [0, 0.1) is 6.92 Å². The largest absolute Gasteiger partial charge is 0.322 e. The summed E-state index contributed by atoms with van der Waals surface area (Å²) in [6.45, 7) is 4.17. The number of fused-ring (bicyclic) bond motifs is 1. The second kappa shape index (κ2) is 7.16. The monoisotopic (exact) mass is 405 g/mol. The lowest BCUT2D eigenvalue weighted by Crippen LogP contribution is -2.16. The molecule has 0 aliphatic rings. The third-order valence-electron chi connectivity index (χ3n) is 4.12. The van der Waals surface area contributed by atoms with E-state index in [2.05, 4.69) is 10.0 Å². The van der Waals surface area contributed by atoms with E-state index in [1.165, 1.54) is 0 Å². The number of sulfonamides is 1. The van der Waals surface area contributed by atoms with Crippen LogP contribution in [0.3, 0.4) is 0 Å². The number of thiazole rings is 1. The van der Waals surface area contributed by atoms with Crippen molar-refractivity contribution in [1.29, 1.82) is 0 Å². The van der Waals surface area contributed by atoms with Crippen LogP contribution in [-0.2, 0) is 16.6 Å². The van der Waals surface area contributed by atoms with Gasteiger partial charge >= 0.3 is 4.87 Å². The predicted octanol–water partition coefficient (Wildman–Crippen LogP) is 3.02.